The smallest absolute Gasteiger partial charge is 0.471 e. The number of carboxylic acids is 1. The van der Waals surface area contributed by atoms with Gasteiger partial charge in [-0.3, -0.25) is 4.79 Å². The molecule has 4 nitrogen and oxygen atoms in total. The number of halogens is 4. The molecule has 0 radical (unpaired) electrons. The van der Waals surface area contributed by atoms with Crippen molar-refractivity contribution in [2.24, 2.45) is 0 Å². The Morgan fingerprint density at radius 3 is 2.40 bits per heavy atom. The van der Waals surface area contributed by atoms with Gasteiger partial charge in [0, 0.05) is 6.54 Å². The third kappa shape index (κ3) is 3.94. The van der Waals surface area contributed by atoms with Crippen LogP contribution in [0.2, 0.25) is 0 Å². The Morgan fingerprint density at radius 2 is 1.95 bits per heavy atom. The number of nitrogens with zero attached hydrogens (tertiary/aromatic N) is 1. The SMILES string of the molecule is CC(C(=O)O)N(Cc1cccc(F)c1)C(=O)C(F)(F)F. The summed E-state index contributed by atoms with van der Waals surface area (Å²) in [7, 11) is 0. The highest BCUT2D eigenvalue weighted by Gasteiger charge is 2.45. The lowest BCUT2D eigenvalue weighted by Crippen LogP contribution is -2.48. The lowest BCUT2D eigenvalue weighted by molar-refractivity contribution is -0.190. The van der Waals surface area contributed by atoms with E-state index in [0.29, 0.717) is 0 Å². The first kappa shape index (κ1) is 15.9. The maximum absolute atomic E-state index is 13.0. The van der Waals surface area contributed by atoms with E-state index >= 15 is 0 Å². The van der Waals surface area contributed by atoms with Crippen LogP contribution >= 0.6 is 0 Å². The minimum absolute atomic E-state index is 0.0655. The molecule has 0 fully saturated rings. The normalized spacial score (nSPS) is 12.8. The second-order valence-electron chi connectivity index (χ2n) is 4.07. The van der Waals surface area contributed by atoms with Crippen molar-refractivity contribution in [3.63, 3.8) is 0 Å². The molecule has 1 unspecified atom stereocenters. The van der Waals surface area contributed by atoms with Crippen molar-refractivity contribution in [2.45, 2.75) is 25.7 Å². The number of hydrogen-bond acceptors (Lipinski definition) is 2. The van der Waals surface area contributed by atoms with Crippen molar-refractivity contribution in [3.8, 4) is 0 Å². The number of carbonyl (C=O) groups is 2. The van der Waals surface area contributed by atoms with Gasteiger partial charge in [0.15, 0.2) is 0 Å². The highest BCUT2D eigenvalue weighted by Crippen LogP contribution is 2.22. The van der Waals surface area contributed by atoms with Crippen molar-refractivity contribution < 1.29 is 32.3 Å². The molecule has 1 N–H and O–H groups in total. The van der Waals surface area contributed by atoms with Crippen LogP contribution in [0.4, 0.5) is 17.6 Å². The summed E-state index contributed by atoms with van der Waals surface area (Å²) >= 11 is 0. The van der Waals surface area contributed by atoms with Gasteiger partial charge in [-0.15, -0.1) is 0 Å². The van der Waals surface area contributed by atoms with Gasteiger partial charge in [-0.2, -0.15) is 13.2 Å². The van der Waals surface area contributed by atoms with E-state index in [1.54, 1.807) is 0 Å². The predicted octanol–water partition coefficient (Wildman–Crippen LogP) is 2.19. The lowest BCUT2D eigenvalue weighted by atomic mass is 10.1. The molecule has 1 atom stereocenters. The molecule has 0 spiro atoms. The van der Waals surface area contributed by atoms with Gasteiger partial charge in [0.25, 0.3) is 0 Å². The number of benzene rings is 1. The van der Waals surface area contributed by atoms with Gasteiger partial charge in [-0.25, -0.2) is 9.18 Å². The molecule has 20 heavy (non-hydrogen) atoms. The summed E-state index contributed by atoms with van der Waals surface area (Å²) in [6, 6.07) is 2.89. The molecule has 0 saturated heterocycles. The van der Waals surface area contributed by atoms with Crippen molar-refractivity contribution in [3.05, 3.63) is 35.6 Å². The molecule has 1 rings (SSSR count). The third-order valence-electron chi connectivity index (χ3n) is 2.57. The molecule has 0 bridgehead atoms. The monoisotopic (exact) mass is 293 g/mol. The van der Waals surface area contributed by atoms with Gasteiger partial charge in [-0.1, -0.05) is 12.1 Å². The summed E-state index contributed by atoms with van der Waals surface area (Å²) < 4.78 is 50.3. The van der Waals surface area contributed by atoms with Gasteiger partial charge in [0.05, 0.1) is 0 Å². The quantitative estimate of drug-likeness (QED) is 0.866. The molecule has 1 aromatic rings. The van der Waals surface area contributed by atoms with Crippen molar-refractivity contribution in [1.29, 1.82) is 0 Å². The van der Waals surface area contributed by atoms with E-state index in [0.717, 1.165) is 19.1 Å². The Hall–Kier alpha value is -2.12. The molecule has 1 amide bonds. The molecule has 0 heterocycles. The summed E-state index contributed by atoms with van der Waals surface area (Å²) in [6.45, 7) is 0.300. The maximum Gasteiger partial charge on any atom is 0.471 e. The van der Waals surface area contributed by atoms with Gasteiger partial charge in [0.2, 0.25) is 0 Å². The predicted molar refractivity (Wildman–Crippen MR) is 60.1 cm³/mol. The average molecular weight is 293 g/mol. The van der Waals surface area contributed by atoms with Crippen LogP contribution in [0.5, 0.6) is 0 Å². The van der Waals surface area contributed by atoms with E-state index in [9.17, 15) is 27.2 Å². The Balaban J connectivity index is 3.06. The molecule has 0 saturated carbocycles. The zero-order chi connectivity index (χ0) is 15.5. The minimum atomic E-state index is -5.20. The fourth-order valence-electron chi connectivity index (χ4n) is 1.51. The van der Waals surface area contributed by atoms with Crippen LogP contribution < -0.4 is 0 Å². The Labute approximate surface area is 111 Å². The lowest BCUT2D eigenvalue weighted by Gasteiger charge is -2.27. The maximum atomic E-state index is 13.0. The zero-order valence-corrected chi connectivity index (χ0v) is 10.3. The van der Waals surface area contributed by atoms with Crippen LogP contribution in [0.25, 0.3) is 0 Å². The molecule has 0 aromatic heterocycles. The molecule has 8 heteroatoms. The van der Waals surface area contributed by atoms with Crippen LogP contribution in [0.3, 0.4) is 0 Å². The topological polar surface area (TPSA) is 57.6 Å². The molecule has 1 aromatic carbocycles. The average Bonchev–Trinajstić information content (AvgIpc) is 2.33. The molecule has 0 aliphatic rings. The van der Waals surface area contributed by atoms with Crippen LogP contribution in [-0.2, 0) is 16.1 Å². The second-order valence-corrected chi connectivity index (χ2v) is 4.07. The summed E-state index contributed by atoms with van der Waals surface area (Å²) in [4.78, 5) is 22.2. The first-order chi connectivity index (χ1) is 9.12. The number of carbonyl (C=O) groups excluding carboxylic acids is 1. The van der Waals surface area contributed by atoms with Gasteiger partial charge in [-0.05, 0) is 24.6 Å². The highest BCUT2D eigenvalue weighted by atomic mass is 19.4. The third-order valence-corrected chi connectivity index (χ3v) is 2.57. The van der Waals surface area contributed by atoms with Crippen LogP contribution in [-0.4, -0.2) is 34.1 Å². The van der Waals surface area contributed by atoms with E-state index in [4.69, 9.17) is 5.11 Å². The minimum Gasteiger partial charge on any atom is -0.480 e. The molecular formula is C12H11F4NO3. The highest BCUT2D eigenvalue weighted by molar-refractivity contribution is 5.86. The number of hydrogen-bond donors (Lipinski definition) is 1. The molecule has 0 aliphatic carbocycles. The zero-order valence-electron chi connectivity index (χ0n) is 10.3. The standard InChI is InChI=1S/C12H11F4NO3/c1-7(10(18)19)17(11(20)12(14,15)16)6-8-3-2-4-9(13)5-8/h2-5,7H,6H2,1H3,(H,18,19). The molecular weight excluding hydrogens is 282 g/mol. The summed E-state index contributed by atoms with van der Waals surface area (Å²) in [5, 5.41) is 8.76. The number of alkyl halides is 3. The first-order valence-electron chi connectivity index (χ1n) is 5.48. The van der Waals surface area contributed by atoms with Gasteiger partial charge >= 0.3 is 18.1 Å². The first-order valence-corrected chi connectivity index (χ1v) is 5.48. The number of carboxylic acid groups (broad SMARTS) is 1. The Bertz CT molecular complexity index is 516. The van der Waals surface area contributed by atoms with E-state index < -0.39 is 36.5 Å². The fraction of sp³-hybridized carbons (Fsp3) is 0.333. The van der Waals surface area contributed by atoms with Crippen molar-refractivity contribution in [1.82, 2.24) is 4.90 Å². The Morgan fingerprint density at radius 1 is 1.35 bits per heavy atom. The van der Waals surface area contributed by atoms with E-state index in [1.807, 2.05) is 0 Å². The molecule has 0 aliphatic heterocycles. The van der Waals surface area contributed by atoms with E-state index in [-0.39, 0.29) is 10.5 Å². The van der Waals surface area contributed by atoms with Crippen LogP contribution in [0.1, 0.15) is 12.5 Å². The van der Waals surface area contributed by atoms with Crippen LogP contribution in [0, 0.1) is 5.82 Å². The second kappa shape index (κ2) is 5.89. The number of rotatable bonds is 4. The summed E-state index contributed by atoms with van der Waals surface area (Å²) in [6.07, 6.45) is -5.20. The van der Waals surface area contributed by atoms with Gasteiger partial charge in [0.1, 0.15) is 11.9 Å². The van der Waals surface area contributed by atoms with Gasteiger partial charge < -0.3 is 10.0 Å². The fourth-order valence-corrected chi connectivity index (χ4v) is 1.51. The number of aliphatic carboxylic acids is 1. The Kier molecular flexibility index (Phi) is 4.69. The van der Waals surface area contributed by atoms with E-state index in [2.05, 4.69) is 0 Å². The number of amides is 1. The summed E-state index contributed by atoms with van der Waals surface area (Å²) in [5.74, 6) is -4.56. The molecule has 110 valence electrons. The van der Waals surface area contributed by atoms with Crippen molar-refractivity contribution >= 4 is 11.9 Å². The summed E-state index contributed by atoms with van der Waals surface area (Å²) in [5.41, 5.74) is 0.0655. The largest absolute Gasteiger partial charge is 0.480 e. The van der Waals surface area contributed by atoms with Crippen LogP contribution in [0.15, 0.2) is 24.3 Å². The van der Waals surface area contributed by atoms with E-state index in [1.165, 1.54) is 12.1 Å². The van der Waals surface area contributed by atoms with Crippen molar-refractivity contribution in [2.75, 3.05) is 0 Å².